The lowest BCUT2D eigenvalue weighted by atomic mass is 10.2. The van der Waals surface area contributed by atoms with Gasteiger partial charge in [0, 0.05) is 11.8 Å². The second-order valence-electron chi connectivity index (χ2n) is 4.52. The second kappa shape index (κ2) is 7.17. The summed E-state index contributed by atoms with van der Waals surface area (Å²) in [5.74, 6) is 1.75. The Hall–Kier alpha value is -2.22. The summed E-state index contributed by atoms with van der Waals surface area (Å²) >= 11 is 1.29. The third kappa shape index (κ3) is 3.91. The molecule has 118 valence electrons. The molecule has 8 heteroatoms. The van der Waals surface area contributed by atoms with Crippen LogP contribution in [0, 0.1) is 6.92 Å². The fourth-order valence-electron chi connectivity index (χ4n) is 1.74. The molecule has 0 spiro atoms. The Kier molecular flexibility index (Phi) is 5.26. The number of nitrogens with zero attached hydrogens (tertiary/aromatic N) is 2. The van der Waals surface area contributed by atoms with Crippen molar-refractivity contribution in [3.63, 3.8) is 0 Å². The van der Waals surface area contributed by atoms with Gasteiger partial charge in [-0.3, -0.25) is 9.89 Å². The maximum atomic E-state index is 12.2. The van der Waals surface area contributed by atoms with E-state index in [2.05, 4.69) is 20.5 Å². The highest BCUT2D eigenvalue weighted by Gasteiger charge is 2.17. The summed E-state index contributed by atoms with van der Waals surface area (Å²) in [6, 6.07) is 5.21. The molecular formula is C14H18N4O3S. The number of aromatic amines is 1. The van der Waals surface area contributed by atoms with Crippen LogP contribution in [0.15, 0.2) is 23.4 Å². The topological polar surface area (TPSA) is 89.1 Å². The van der Waals surface area contributed by atoms with Gasteiger partial charge >= 0.3 is 0 Å². The van der Waals surface area contributed by atoms with Gasteiger partial charge in [-0.2, -0.15) is 0 Å². The standard InChI is InChI=1S/C14H18N4O3S/c1-8(22-14-15-9(2)17-18-14)13(19)16-10-5-6-11(20-3)12(7-10)21-4/h5-8H,1-4H3,(H,16,19)(H,15,17,18). The molecule has 7 nitrogen and oxygen atoms in total. The number of nitrogens with one attached hydrogen (secondary N) is 2. The van der Waals surface area contributed by atoms with Crippen molar-refractivity contribution >= 4 is 23.4 Å². The van der Waals surface area contributed by atoms with Gasteiger partial charge in [-0.15, -0.1) is 5.10 Å². The van der Waals surface area contributed by atoms with Crippen LogP contribution in [0.25, 0.3) is 0 Å². The first-order valence-electron chi connectivity index (χ1n) is 6.62. The van der Waals surface area contributed by atoms with Crippen LogP contribution in [-0.2, 0) is 4.79 Å². The third-order valence-electron chi connectivity index (χ3n) is 2.88. The van der Waals surface area contributed by atoms with E-state index in [1.807, 2.05) is 6.92 Å². The molecule has 1 unspecified atom stereocenters. The van der Waals surface area contributed by atoms with E-state index in [1.54, 1.807) is 39.3 Å². The van der Waals surface area contributed by atoms with E-state index in [-0.39, 0.29) is 11.2 Å². The molecule has 22 heavy (non-hydrogen) atoms. The summed E-state index contributed by atoms with van der Waals surface area (Å²) in [4.78, 5) is 16.4. The average Bonchev–Trinajstić information content (AvgIpc) is 2.92. The van der Waals surface area contributed by atoms with Crippen molar-refractivity contribution in [3.8, 4) is 11.5 Å². The molecule has 0 radical (unpaired) electrons. The molecule has 1 aromatic carbocycles. The van der Waals surface area contributed by atoms with Gasteiger partial charge in [0.25, 0.3) is 0 Å². The SMILES string of the molecule is COc1ccc(NC(=O)C(C)Sc2n[nH]c(C)n2)cc1OC. The van der Waals surface area contributed by atoms with Gasteiger partial charge in [-0.05, 0) is 26.0 Å². The summed E-state index contributed by atoms with van der Waals surface area (Å²) in [5.41, 5.74) is 0.640. The fraction of sp³-hybridized carbons (Fsp3) is 0.357. The van der Waals surface area contributed by atoms with E-state index in [0.29, 0.717) is 22.3 Å². The number of rotatable bonds is 6. The van der Waals surface area contributed by atoms with Crippen molar-refractivity contribution in [1.29, 1.82) is 0 Å². The number of carbonyl (C=O) groups excluding carboxylic acids is 1. The number of hydrogen-bond acceptors (Lipinski definition) is 6. The minimum Gasteiger partial charge on any atom is -0.493 e. The average molecular weight is 322 g/mol. The lowest BCUT2D eigenvalue weighted by Gasteiger charge is -2.12. The molecule has 1 heterocycles. The Morgan fingerprint density at radius 3 is 2.64 bits per heavy atom. The zero-order chi connectivity index (χ0) is 16.1. The molecule has 1 atom stereocenters. The number of thioether (sulfide) groups is 1. The van der Waals surface area contributed by atoms with Crippen molar-refractivity contribution in [1.82, 2.24) is 15.2 Å². The largest absolute Gasteiger partial charge is 0.493 e. The van der Waals surface area contributed by atoms with E-state index < -0.39 is 0 Å². The van der Waals surface area contributed by atoms with Crippen LogP contribution < -0.4 is 14.8 Å². The van der Waals surface area contributed by atoms with E-state index >= 15 is 0 Å². The number of H-pyrrole nitrogens is 1. The third-order valence-corrected chi connectivity index (χ3v) is 3.84. The molecule has 0 bridgehead atoms. The first-order valence-corrected chi connectivity index (χ1v) is 7.50. The molecule has 2 N–H and O–H groups in total. The molecule has 0 aliphatic carbocycles. The molecule has 2 rings (SSSR count). The van der Waals surface area contributed by atoms with E-state index in [0.717, 1.165) is 5.82 Å². The predicted molar refractivity (Wildman–Crippen MR) is 84.6 cm³/mol. The maximum absolute atomic E-state index is 12.2. The second-order valence-corrected chi connectivity index (χ2v) is 5.83. The van der Waals surface area contributed by atoms with Crippen molar-refractivity contribution in [2.24, 2.45) is 0 Å². The monoisotopic (exact) mass is 322 g/mol. The summed E-state index contributed by atoms with van der Waals surface area (Å²) in [5, 5.41) is 9.80. The molecule has 0 saturated heterocycles. The Morgan fingerprint density at radius 1 is 1.32 bits per heavy atom. The van der Waals surface area contributed by atoms with Gasteiger partial charge < -0.3 is 14.8 Å². The molecule has 2 aromatic rings. The van der Waals surface area contributed by atoms with Crippen molar-refractivity contribution in [2.45, 2.75) is 24.3 Å². The first kappa shape index (κ1) is 16.2. The van der Waals surface area contributed by atoms with Crippen molar-refractivity contribution in [3.05, 3.63) is 24.0 Å². The van der Waals surface area contributed by atoms with Crippen LogP contribution >= 0.6 is 11.8 Å². The Balaban J connectivity index is 2.01. The quantitative estimate of drug-likeness (QED) is 0.793. The molecular weight excluding hydrogens is 304 g/mol. The zero-order valence-corrected chi connectivity index (χ0v) is 13.7. The highest BCUT2D eigenvalue weighted by molar-refractivity contribution is 8.00. The van der Waals surface area contributed by atoms with Gasteiger partial charge in [0.1, 0.15) is 5.82 Å². The van der Waals surface area contributed by atoms with Crippen LogP contribution in [0.1, 0.15) is 12.7 Å². The Morgan fingerprint density at radius 2 is 2.05 bits per heavy atom. The van der Waals surface area contributed by atoms with Crippen molar-refractivity contribution in [2.75, 3.05) is 19.5 Å². The molecule has 1 aromatic heterocycles. The smallest absolute Gasteiger partial charge is 0.237 e. The highest BCUT2D eigenvalue weighted by atomic mass is 32.2. The number of carbonyl (C=O) groups is 1. The van der Waals surface area contributed by atoms with Gasteiger partial charge in [0.05, 0.1) is 19.5 Å². The van der Waals surface area contributed by atoms with Crippen molar-refractivity contribution < 1.29 is 14.3 Å². The zero-order valence-electron chi connectivity index (χ0n) is 12.8. The highest BCUT2D eigenvalue weighted by Crippen LogP contribution is 2.30. The predicted octanol–water partition coefficient (Wildman–Crippen LogP) is 2.25. The number of methoxy groups -OCH3 is 2. The summed E-state index contributed by atoms with van der Waals surface area (Å²) in [6.45, 7) is 3.61. The minimum atomic E-state index is -0.330. The Bertz CT molecular complexity index is 659. The number of aryl methyl sites for hydroxylation is 1. The van der Waals surface area contributed by atoms with Crippen LogP contribution in [0.5, 0.6) is 11.5 Å². The van der Waals surface area contributed by atoms with Gasteiger partial charge in [0.15, 0.2) is 11.5 Å². The molecule has 0 aliphatic heterocycles. The van der Waals surface area contributed by atoms with E-state index in [1.165, 1.54) is 11.8 Å². The number of ether oxygens (including phenoxy) is 2. The summed E-state index contributed by atoms with van der Waals surface area (Å²) < 4.78 is 10.4. The molecule has 1 amide bonds. The maximum Gasteiger partial charge on any atom is 0.237 e. The van der Waals surface area contributed by atoms with Crippen LogP contribution in [0.4, 0.5) is 5.69 Å². The fourth-order valence-corrected chi connectivity index (χ4v) is 2.51. The van der Waals surface area contributed by atoms with Gasteiger partial charge in [-0.25, -0.2) is 4.98 Å². The summed E-state index contributed by atoms with van der Waals surface area (Å²) in [7, 11) is 3.11. The number of anilines is 1. The first-order chi connectivity index (χ1) is 10.5. The van der Waals surface area contributed by atoms with Gasteiger partial charge in [0.2, 0.25) is 11.1 Å². The molecule has 0 fully saturated rings. The van der Waals surface area contributed by atoms with Crippen LogP contribution in [-0.4, -0.2) is 40.6 Å². The number of amides is 1. The Labute approximate surface area is 132 Å². The van der Waals surface area contributed by atoms with Gasteiger partial charge in [-0.1, -0.05) is 11.8 Å². The van der Waals surface area contributed by atoms with E-state index in [9.17, 15) is 4.79 Å². The number of aromatic nitrogens is 3. The lowest BCUT2D eigenvalue weighted by molar-refractivity contribution is -0.115. The minimum absolute atomic E-state index is 0.139. The lowest BCUT2D eigenvalue weighted by Crippen LogP contribution is -2.22. The van der Waals surface area contributed by atoms with E-state index in [4.69, 9.17) is 9.47 Å². The molecule has 0 aliphatic rings. The number of benzene rings is 1. The molecule has 0 saturated carbocycles. The van der Waals surface area contributed by atoms with Crippen LogP contribution in [0.2, 0.25) is 0 Å². The van der Waals surface area contributed by atoms with Crippen LogP contribution in [0.3, 0.4) is 0 Å². The number of hydrogen-bond donors (Lipinski definition) is 2. The normalized spacial score (nSPS) is 11.8. The summed E-state index contributed by atoms with van der Waals surface area (Å²) in [6.07, 6.45) is 0.